The molecule has 0 saturated heterocycles. The highest BCUT2D eigenvalue weighted by Crippen LogP contribution is 2.37. The van der Waals surface area contributed by atoms with Crippen molar-refractivity contribution in [3.63, 3.8) is 0 Å². The van der Waals surface area contributed by atoms with Gasteiger partial charge in [0, 0.05) is 16.3 Å². The molecule has 4 heteroatoms. The fourth-order valence-electron chi connectivity index (χ4n) is 3.60. The summed E-state index contributed by atoms with van der Waals surface area (Å²) >= 11 is 0. The Hall–Kier alpha value is -2.36. The Morgan fingerprint density at radius 1 is 1.00 bits per heavy atom. The number of methoxy groups -OCH3 is 1. The Labute approximate surface area is 145 Å². The highest BCUT2D eigenvalue weighted by atomic mass is 19.1. The summed E-state index contributed by atoms with van der Waals surface area (Å²) in [5.41, 5.74) is 1.90. The third-order valence-electron chi connectivity index (χ3n) is 5.18. The van der Waals surface area contributed by atoms with Crippen LogP contribution in [0.5, 0.6) is 5.75 Å². The maximum absolute atomic E-state index is 15.0. The van der Waals surface area contributed by atoms with Crippen molar-refractivity contribution in [1.29, 1.82) is 0 Å². The molecule has 0 atom stereocenters. The van der Waals surface area contributed by atoms with E-state index < -0.39 is 11.6 Å². The molecule has 1 heterocycles. The van der Waals surface area contributed by atoms with E-state index in [1.54, 1.807) is 18.2 Å². The van der Waals surface area contributed by atoms with Crippen molar-refractivity contribution in [2.45, 2.75) is 32.6 Å². The molecule has 4 rings (SSSR count). The highest BCUT2D eigenvalue weighted by molar-refractivity contribution is 6.06. The Morgan fingerprint density at radius 3 is 2.32 bits per heavy atom. The Morgan fingerprint density at radius 2 is 1.64 bits per heavy atom. The normalized spacial score (nSPS) is 18.1. The van der Waals surface area contributed by atoms with Crippen LogP contribution in [0.2, 0.25) is 0 Å². The van der Waals surface area contributed by atoms with Crippen LogP contribution in [0, 0.1) is 17.6 Å². The van der Waals surface area contributed by atoms with Crippen molar-refractivity contribution in [3.8, 4) is 5.75 Å². The van der Waals surface area contributed by atoms with Gasteiger partial charge in [0.25, 0.3) is 0 Å². The average molecular weight is 342 g/mol. The lowest BCUT2D eigenvalue weighted by molar-refractivity contribution is 0.385. The first kappa shape index (κ1) is 16.1. The summed E-state index contributed by atoms with van der Waals surface area (Å²) < 4.78 is 39.9. The van der Waals surface area contributed by atoms with Crippen LogP contribution in [0.4, 0.5) is 8.78 Å². The minimum atomic E-state index is -0.600. The summed E-state index contributed by atoms with van der Waals surface area (Å²) in [6, 6.07) is 6.78. The molecule has 1 aliphatic carbocycles. The Balaban J connectivity index is 1.84. The number of fused-ring (bicyclic) bond motifs is 3. The first-order valence-corrected chi connectivity index (χ1v) is 8.65. The molecular formula is C21H20F2O2. The van der Waals surface area contributed by atoms with Gasteiger partial charge in [-0.05, 0) is 49.8 Å². The molecule has 3 aromatic rings. The first-order valence-electron chi connectivity index (χ1n) is 8.65. The number of benzene rings is 2. The van der Waals surface area contributed by atoms with Crippen molar-refractivity contribution in [2.24, 2.45) is 5.92 Å². The number of furan rings is 1. The predicted octanol–water partition coefficient (Wildman–Crippen LogP) is 6.47. The fourth-order valence-corrected chi connectivity index (χ4v) is 3.60. The highest BCUT2D eigenvalue weighted by Gasteiger charge is 2.19. The van der Waals surface area contributed by atoms with E-state index >= 15 is 0 Å². The maximum Gasteiger partial charge on any atom is 0.208 e. The van der Waals surface area contributed by atoms with E-state index in [2.05, 4.69) is 6.92 Å². The molecule has 0 aliphatic heterocycles. The molecule has 2 nitrogen and oxygen atoms in total. The third-order valence-corrected chi connectivity index (χ3v) is 5.18. The number of ether oxygens (including phenoxy) is 1. The molecule has 130 valence electrons. The molecule has 0 radical (unpaired) electrons. The van der Waals surface area contributed by atoms with Crippen molar-refractivity contribution < 1.29 is 17.9 Å². The van der Waals surface area contributed by atoms with Crippen LogP contribution in [0.15, 0.2) is 34.3 Å². The van der Waals surface area contributed by atoms with Crippen LogP contribution >= 0.6 is 0 Å². The smallest absolute Gasteiger partial charge is 0.208 e. The number of allylic oxidation sites excluding steroid dienone is 1. The molecule has 25 heavy (non-hydrogen) atoms. The van der Waals surface area contributed by atoms with Crippen LogP contribution in [0.3, 0.4) is 0 Å². The van der Waals surface area contributed by atoms with Crippen molar-refractivity contribution in [2.75, 3.05) is 7.11 Å². The Kier molecular flexibility index (Phi) is 3.98. The molecule has 2 aromatic carbocycles. The van der Waals surface area contributed by atoms with Gasteiger partial charge in [-0.15, -0.1) is 0 Å². The number of rotatable bonds is 2. The summed E-state index contributed by atoms with van der Waals surface area (Å²) in [6.07, 6.45) is 6.22. The zero-order chi connectivity index (χ0) is 17.6. The molecule has 1 fully saturated rings. The molecule has 0 spiro atoms. The van der Waals surface area contributed by atoms with Crippen LogP contribution in [-0.2, 0) is 0 Å². The number of hydrogen-bond acceptors (Lipinski definition) is 2. The minimum Gasteiger partial charge on any atom is -0.494 e. The van der Waals surface area contributed by atoms with Gasteiger partial charge >= 0.3 is 0 Å². The summed E-state index contributed by atoms with van der Waals surface area (Å²) in [5.74, 6) is -0.210. The van der Waals surface area contributed by atoms with Gasteiger partial charge in [0.1, 0.15) is 0 Å². The predicted molar refractivity (Wildman–Crippen MR) is 95.8 cm³/mol. The lowest BCUT2D eigenvalue weighted by Gasteiger charge is -2.20. The van der Waals surface area contributed by atoms with E-state index in [0.717, 1.165) is 31.6 Å². The number of halogens is 2. The number of hydrogen-bond donors (Lipinski definition) is 0. The zero-order valence-corrected chi connectivity index (χ0v) is 14.4. The van der Waals surface area contributed by atoms with Crippen molar-refractivity contribution in [1.82, 2.24) is 0 Å². The molecule has 0 amide bonds. The molecule has 1 saturated carbocycles. The summed E-state index contributed by atoms with van der Waals surface area (Å²) in [4.78, 5) is 0. The van der Waals surface area contributed by atoms with Gasteiger partial charge in [-0.25, -0.2) is 4.39 Å². The zero-order valence-electron chi connectivity index (χ0n) is 14.4. The van der Waals surface area contributed by atoms with Gasteiger partial charge in [-0.1, -0.05) is 24.6 Å². The summed E-state index contributed by atoms with van der Waals surface area (Å²) in [5, 5.41) is 1.13. The minimum absolute atomic E-state index is 0.0320. The van der Waals surface area contributed by atoms with E-state index in [4.69, 9.17) is 9.15 Å². The van der Waals surface area contributed by atoms with Gasteiger partial charge < -0.3 is 9.15 Å². The third kappa shape index (κ3) is 2.70. The maximum atomic E-state index is 15.0. The summed E-state index contributed by atoms with van der Waals surface area (Å²) in [6.45, 7) is 2.25. The van der Waals surface area contributed by atoms with Crippen LogP contribution in [-0.4, -0.2) is 7.11 Å². The molecule has 0 N–H and O–H groups in total. The molecule has 1 aliphatic rings. The Bertz CT molecular complexity index is 975. The van der Waals surface area contributed by atoms with Crippen molar-refractivity contribution >= 4 is 28.0 Å². The van der Waals surface area contributed by atoms with E-state index in [1.807, 2.05) is 6.08 Å². The second-order valence-corrected chi connectivity index (χ2v) is 6.89. The lowest BCUT2D eigenvalue weighted by atomic mass is 9.86. The van der Waals surface area contributed by atoms with Crippen LogP contribution in [0.1, 0.15) is 38.2 Å². The van der Waals surface area contributed by atoms with Gasteiger partial charge in [0.15, 0.2) is 22.7 Å². The average Bonchev–Trinajstić information content (AvgIpc) is 3.00. The second-order valence-electron chi connectivity index (χ2n) is 6.89. The van der Waals surface area contributed by atoms with E-state index in [1.165, 1.54) is 18.7 Å². The molecule has 0 bridgehead atoms. The van der Waals surface area contributed by atoms with Gasteiger partial charge in [0.2, 0.25) is 5.82 Å². The topological polar surface area (TPSA) is 22.4 Å². The second kappa shape index (κ2) is 6.17. The monoisotopic (exact) mass is 342 g/mol. The molecule has 0 unspecified atom stereocenters. The molecule has 1 aromatic heterocycles. The lowest BCUT2D eigenvalue weighted by Crippen LogP contribution is -2.03. The fraction of sp³-hybridized carbons (Fsp3) is 0.333. The largest absolute Gasteiger partial charge is 0.494 e. The van der Waals surface area contributed by atoms with Crippen molar-refractivity contribution in [3.05, 3.63) is 47.0 Å². The SMILES string of the molecule is COc1ccc2c(oc3c(F)c(C=C4CCC(C)CC4)ccc32)c1F. The van der Waals surface area contributed by atoms with Gasteiger partial charge in [-0.3, -0.25) is 0 Å². The van der Waals surface area contributed by atoms with Gasteiger partial charge in [-0.2, -0.15) is 4.39 Å². The van der Waals surface area contributed by atoms with Gasteiger partial charge in [0.05, 0.1) is 7.11 Å². The molecular weight excluding hydrogens is 322 g/mol. The van der Waals surface area contributed by atoms with Crippen LogP contribution < -0.4 is 4.74 Å². The van der Waals surface area contributed by atoms with E-state index in [0.29, 0.717) is 16.3 Å². The van der Waals surface area contributed by atoms with E-state index in [9.17, 15) is 8.78 Å². The standard InChI is InChI=1S/C21H20F2O2/c1-12-3-5-13(6-4-12)11-14-7-8-15-16-9-10-17(24-2)19(23)21(16)25-20(15)18(14)22/h7-12H,3-6H2,1-2H3. The summed E-state index contributed by atoms with van der Waals surface area (Å²) in [7, 11) is 1.39. The van der Waals surface area contributed by atoms with E-state index in [-0.39, 0.29) is 16.9 Å². The first-order chi connectivity index (χ1) is 12.1. The quantitative estimate of drug-likeness (QED) is 0.533. The van der Waals surface area contributed by atoms with Crippen LogP contribution in [0.25, 0.3) is 28.0 Å².